The topological polar surface area (TPSA) is 66.8 Å². The number of aliphatic carboxylic acids is 1. The van der Waals surface area contributed by atoms with Crippen molar-refractivity contribution in [2.24, 2.45) is 0 Å². The van der Waals surface area contributed by atoms with E-state index in [0.717, 1.165) is 11.3 Å². The normalized spacial score (nSPS) is 22.8. The van der Waals surface area contributed by atoms with Gasteiger partial charge in [-0.25, -0.2) is 4.79 Å². The number of rotatable bonds is 3. The molecular weight excluding hydrogens is 313 g/mol. The van der Waals surface area contributed by atoms with Crippen molar-refractivity contribution in [2.75, 3.05) is 13.7 Å². The number of methoxy groups -OCH3 is 1. The maximum absolute atomic E-state index is 12.3. The molecule has 0 spiro atoms. The lowest BCUT2D eigenvalue weighted by molar-refractivity contribution is -0.141. The number of hydrogen-bond donors (Lipinski definition) is 1. The van der Waals surface area contributed by atoms with Gasteiger partial charge in [-0.2, -0.15) is 0 Å². The Morgan fingerprint density at radius 3 is 2.68 bits per heavy atom. The zero-order valence-corrected chi connectivity index (χ0v) is 12.3. The predicted molar refractivity (Wildman–Crippen MR) is 72.2 cm³/mol. The Hall–Kier alpha value is -0.820. The fourth-order valence-electron chi connectivity index (χ4n) is 2.07. The molecule has 2 rings (SSSR count). The van der Waals surface area contributed by atoms with Crippen LogP contribution in [-0.2, 0) is 9.53 Å². The molecule has 2 unspecified atom stereocenters. The molecular formula is C11H11Cl2NO4S. The van der Waals surface area contributed by atoms with Crippen molar-refractivity contribution < 1.29 is 19.4 Å². The summed E-state index contributed by atoms with van der Waals surface area (Å²) in [6, 6.07) is 0.558. The molecule has 1 aliphatic rings. The Bertz CT molecular complexity index is 519. The number of amides is 1. The molecule has 5 nitrogen and oxygen atoms in total. The molecule has 1 saturated heterocycles. The first-order valence-electron chi connectivity index (χ1n) is 5.45. The summed E-state index contributed by atoms with van der Waals surface area (Å²) in [6.45, 7) is 0.232. The van der Waals surface area contributed by atoms with Crippen molar-refractivity contribution in [3.05, 3.63) is 20.3 Å². The number of hydrogen-bond acceptors (Lipinski definition) is 4. The van der Waals surface area contributed by atoms with Crippen LogP contribution in [0.1, 0.15) is 16.8 Å². The molecule has 8 heteroatoms. The Morgan fingerprint density at radius 2 is 2.21 bits per heavy atom. The molecule has 0 aliphatic carbocycles. The highest BCUT2D eigenvalue weighted by molar-refractivity contribution is 7.20. The Balaban J connectivity index is 2.26. The second kappa shape index (κ2) is 5.66. The predicted octanol–water partition coefficient (Wildman–Crippen LogP) is 2.37. The van der Waals surface area contributed by atoms with E-state index in [1.807, 2.05) is 0 Å². The van der Waals surface area contributed by atoms with E-state index < -0.39 is 17.9 Å². The minimum absolute atomic E-state index is 0.232. The van der Waals surface area contributed by atoms with Gasteiger partial charge in [-0.3, -0.25) is 4.79 Å². The number of carbonyl (C=O) groups is 2. The summed E-state index contributed by atoms with van der Waals surface area (Å²) in [5, 5.41) is 9.16. The summed E-state index contributed by atoms with van der Waals surface area (Å²) < 4.78 is 5.78. The van der Waals surface area contributed by atoms with E-state index in [-0.39, 0.29) is 29.0 Å². The van der Waals surface area contributed by atoms with Gasteiger partial charge in [0, 0.05) is 20.1 Å². The molecule has 0 bridgehead atoms. The zero-order valence-electron chi connectivity index (χ0n) is 9.93. The van der Waals surface area contributed by atoms with Crippen molar-refractivity contribution in [1.82, 2.24) is 4.90 Å². The van der Waals surface area contributed by atoms with Gasteiger partial charge in [-0.15, -0.1) is 11.3 Å². The number of carbonyl (C=O) groups excluding carboxylic acids is 1. The van der Waals surface area contributed by atoms with Gasteiger partial charge in [-0.1, -0.05) is 23.2 Å². The molecule has 1 amide bonds. The van der Waals surface area contributed by atoms with Gasteiger partial charge in [0.05, 0.1) is 16.0 Å². The second-order valence-electron chi connectivity index (χ2n) is 4.14. The molecule has 0 saturated carbocycles. The van der Waals surface area contributed by atoms with Gasteiger partial charge in [0.25, 0.3) is 5.91 Å². The number of nitrogens with zero attached hydrogens (tertiary/aromatic N) is 1. The highest BCUT2D eigenvalue weighted by atomic mass is 35.5. The number of likely N-dealkylation sites (tertiary alicyclic amines) is 1. The maximum atomic E-state index is 12.3. The van der Waals surface area contributed by atoms with Crippen LogP contribution in [0.4, 0.5) is 0 Å². The van der Waals surface area contributed by atoms with Gasteiger partial charge in [0.1, 0.15) is 10.4 Å². The van der Waals surface area contributed by atoms with Crippen LogP contribution >= 0.6 is 34.5 Å². The average Bonchev–Trinajstić information content (AvgIpc) is 2.91. The standard InChI is InChI=1S/C11H11Cl2NO4S/c1-18-5-2-7(11(16)17)14(4-5)10(15)6-3-8(12)19-9(6)13/h3,5,7H,2,4H2,1H3,(H,16,17). The first kappa shape index (κ1) is 14.6. The lowest BCUT2D eigenvalue weighted by Crippen LogP contribution is -2.40. The fourth-order valence-corrected chi connectivity index (χ4v) is 3.52. The molecule has 1 aromatic heterocycles. The number of thiophene rings is 1. The zero-order chi connectivity index (χ0) is 14.2. The van der Waals surface area contributed by atoms with Gasteiger partial charge < -0.3 is 14.7 Å². The highest BCUT2D eigenvalue weighted by Crippen LogP contribution is 2.33. The van der Waals surface area contributed by atoms with E-state index in [9.17, 15) is 9.59 Å². The van der Waals surface area contributed by atoms with Crippen LogP contribution in [0.2, 0.25) is 8.67 Å². The minimum Gasteiger partial charge on any atom is -0.480 e. The second-order valence-corrected chi connectivity index (χ2v) is 6.43. The first-order chi connectivity index (χ1) is 8.93. The van der Waals surface area contributed by atoms with Gasteiger partial charge in [0.2, 0.25) is 0 Å². The molecule has 0 radical (unpaired) electrons. The lowest BCUT2D eigenvalue weighted by Gasteiger charge is -2.20. The quantitative estimate of drug-likeness (QED) is 0.927. The third kappa shape index (κ3) is 2.86. The molecule has 19 heavy (non-hydrogen) atoms. The summed E-state index contributed by atoms with van der Waals surface area (Å²) in [5.74, 6) is -1.48. The largest absolute Gasteiger partial charge is 0.480 e. The molecule has 1 aromatic rings. The third-order valence-corrected chi connectivity index (χ3v) is 4.52. The fraction of sp³-hybridized carbons (Fsp3) is 0.455. The van der Waals surface area contributed by atoms with E-state index in [4.69, 9.17) is 33.0 Å². The smallest absolute Gasteiger partial charge is 0.326 e. The van der Waals surface area contributed by atoms with E-state index in [2.05, 4.69) is 0 Å². The summed E-state index contributed by atoms with van der Waals surface area (Å²) in [4.78, 5) is 24.8. The Morgan fingerprint density at radius 1 is 1.53 bits per heavy atom. The SMILES string of the molecule is COC1CC(C(=O)O)N(C(=O)c2cc(Cl)sc2Cl)C1. The van der Waals surface area contributed by atoms with E-state index in [1.54, 1.807) is 0 Å². The number of ether oxygens (including phenoxy) is 1. The highest BCUT2D eigenvalue weighted by Gasteiger charge is 2.40. The number of carboxylic acid groups (broad SMARTS) is 1. The molecule has 1 aliphatic heterocycles. The molecule has 104 valence electrons. The third-order valence-electron chi connectivity index (χ3n) is 3.03. The van der Waals surface area contributed by atoms with Crippen LogP contribution in [0.15, 0.2) is 6.07 Å². The monoisotopic (exact) mass is 323 g/mol. The lowest BCUT2D eigenvalue weighted by atomic mass is 10.2. The van der Waals surface area contributed by atoms with E-state index >= 15 is 0 Å². The average molecular weight is 324 g/mol. The summed E-state index contributed by atoms with van der Waals surface area (Å²) >= 11 is 12.8. The number of carboxylic acids is 1. The number of halogens is 2. The molecule has 1 fully saturated rings. The maximum Gasteiger partial charge on any atom is 0.326 e. The molecule has 0 aromatic carbocycles. The van der Waals surface area contributed by atoms with Gasteiger partial charge in [-0.05, 0) is 6.07 Å². The van der Waals surface area contributed by atoms with Gasteiger partial charge in [0.15, 0.2) is 0 Å². The van der Waals surface area contributed by atoms with Gasteiger partial charge >= 0.3 is 5.97 Å². The minimum atomic E-state index is -1.05. The van der Waals surface area contributed by atoms with Crippen molar-refractivity contribution in [1.29, 1.82) is 0 Å². The van der Waals surface area contributed by atoms with Crippen LogP contribution in [0.3, 0.4) is 0 Å². The summed E-state index contributed by atoms with van der Waals surface area (Å²) in [7, 11) is 1.49. The van der Waals surface area contributed by atoms with Crippen molar-refractivity contribution >= 4 is 46.4 Å². The van der Waals surface area contributed by atoms with Crippen LogP contribution < -0.4 is 0 Å². The summed E-state index contributed by atoms with van der Waals surface area (Å²) in [5.41, 5.74) is 0.236. The van der Waals surface area contributed by atoms with Crippen LogP contribution in [-0.4, -0.2) is 47.7 Å². The molecule has 2 heterocycles. The van der Waals surface area contributed by atoms with E-state index in [0.29, 0.717) is 4.34 Å². The van der Waals surface area contributed by atoms with Crippen LogP contribution in [0.5, 0.6) is 0 Å². The van der Waals surface area contributed by atoms with Crippen molar-refractivity contribution in [3.63, 3.8) is 0 Å². The summed E-state index contributed by atoms with van der Waals surface area (Å²) in [6.07, 6.45) is -0.00880. The van der Waals surface area contributed by atoms with Crippen molar-refractivity contribution in [2.45, 2.75) is 18.6 Å². The van der Waals surface area contributed by atoms with Crippen molar-refractivity contribution in [3.8, 4) is 0 Å². The Labute approximate surface area is 123 Å². The molecule has 2 atom stereocenters. The van der Waals surface area contributed by atoms with E-state index in [1.165, 1.54) is 18.1 Å². The Kier molecular flexibility index (Phi) is 4.35. The first-order valence-corrected chi connectivity index (χ1v) is 7.02. The molecule has 1 N–H and O–H groups in total. The van der Waals surface area contributed by atoms with Crippen LogP contribution in [0, 0.1) is 0 Å². The van der Waals surface area contributed by atoms with Crippen LogP contribution in [0.25, 0.3) is 0 Å².